The standard InChI is InChI=1S/C7H14O3.CH4O/c1-5-3-6(4-8)10-7(5)9-2;1-2/h5-8H,3-4H2,1-2H3;2H,1H3/t5-,6?,7?;/m0./s1. The highest BCUT2D eigenvalue weighted by atomic mass is 16.7. The Balaban J connectivity index is 0.000000561. The minimum absolute atomic E-state index is 0.0139. The van der Waals surface area contributed by atoms with E-state index in [-0.39, 0.29) is 19.0 Å². The number of aliphatic hydroxyl groups is 2. The Bertz CT molecular complexity index is 107. The normalized spacial score (nSPS) is 34.2. The third-order valence-electron chi connectivity index (χ3n) is 1.86. The Hall–Kier alpha value is -0.160. The maximum absolute atomic E-state index is 8.72. The molecule has 1 heterocycles. The van der Waals surface area contributed by atoms with Crippen LogP contribution in [0.1, 0.15) is 13.3 Å². The molecule has 0 aromatic heterocycles. The summed E-state index contributed by atoms with van der Waals surface area (Å²) in [6.07, 6.45) is 0.770. The molecule has 12 heavy (non-hydrogen) atoms. The van der Waals surface area contributed by atoms with Crippen molar-refractivity contribution in [3.05, 3.63) is 0 Å². The first-order valence-corrected chi connectivity index (χ1v) is 4.01. The molecule has 0 aliphatic carbocycles. The van der Waals surface area contributed by atoms with Gasteiger partial charge in [-0.1, -0.05) is 6.92 Å². The van der Waals surface area contributed by atoms with E-state index in [2.05, 4.69) is 6.92 Å². The van der Waals surface area contributed by atoms with Crippen LogP contribution < -0.4 is 0 Å². The van der Waals surface area contributed by atoms with Gasteiger partial charge in [-0.2, -0.15) is 0 Å². The summed E-state index contributed by atoms with van der Waals surface area (Å²) >= 11 is 0. The fourth-order valence-electron chi connectivity index (χ4n) is 1.31. The summed E-state index contributed by atoms with van der Waals surface area (Å²) in [7, 11) is 2.63. The lowest BCUT2D eigenvalue weighted by Crippen LogP contribution is -2.17. The molecular formula is C8H18O4. The van der Waals surface area contributed by atoms with E-state index in [1.54, 1.807) is 7.11 Å². The fourth-order valence-corrected chi connectivity index (χ4v) is 1.31. The molecule has 3 atom stereocenters. The molecule has 74 valence electrons. The lowest BCUT2D eigenvalue weighted by Gasteiger charge is -2.11. The van der Waals surface area contributed by atoms with E-state index >= 15 is 0 Å². The highest BCUT2D eigenvalue weighted by Crippen LogP contribution is 2.25. The minimum Gasteiger partial charge on any atom is -0.400 e. The number of aliphatic hydroxyl groups excluding tert-OH is 2. The first-order valence-electron chi connectivity index (χ1n) is 4.01. The molecule has 0 bridgehead atoms. The van der Waals surface area contributed by atoms with Gasteiger partial charge in [0.15, 0.2) is 6.29 Å². The molecule has 2 N–H and O–H groups in total. The predicted molar refractivity (Wildman–Crippen MR) is 44.7 cm³/mol. The summed E-state index contributed by atoms with van der Waals surface area (Å²) in [6.45, 7) is 2.16. The van der Waals surface area contributed by atoms with Crippen LogP contribution in [-0.2, 0) is 9.47 Å². The molecule has 0 aromatic carbocycles. The van der Waals surface area contributed by atoms with Crippen LogP contribution in [0.4, 0.5) is 0 Å². The van der Waals surface area contributed by atoms with E-state index in [9.17, 15) is 0 Å². The van der Waals surface area contributed by atoms with Crippen LogP contribution in [-0.4, -0.2) is 43.4 Å². The molecule has 1 rings (SSSR count). The van der Waals surface area contributed by atoms with Crippen molar-refractivity contribution < 1.29 is 19.7 Å². The van der Waals surface area contributed by atoms with Crippen LogP contribution in [0.2, 0.25) is 0 Å². The molecule has 0 saturated carbocycles. The van der Waals surface area contributed by atoms with Crippen molar-refractivity contribution in [2.45, 2.75) is 25.7 Å². The Labute approximate surface area is 73.1 Å². The van der Waals surface area contributed by atoms with Gasteiger partial charge < -0.3 is 19.7 Å². The highest BCUT2D eigenvalue weighted by Gasteiger charge is 2.31. The first kappa shape index (κ1) is 11.8. The van der Waals surface area contributed by atoms with Crippen LogP contribution in [0.5, 0.6) is 0 Å². The summed E-state index contributed by atoms with van der Waals surface area (Å²) in [5, 5.41) is 15.7. The molecule has 0 amide bonds. The van der Waals surface area contributed by atoms with Gasteiger partial charge in [0.1, 0.15) is 0 Å². The van der Waals surface area contributed by atoms with Gasteiger partial charge in [0.2, 0.25) is 0 Å². The van der Waals surface area contributed by atoms with Gasteiger partial charge in [-0.15, -0.1) is 0 Å². The molecule has 2 unspecified atom stereocenters. The molecule has 0 radical (unpaired) electrons. The lowest BCUT2D eigenvalue weighted by atomic mass is 10.1. The van der Waals surface area contributed by atoms with Gasteiger partial charge in [-0.25, -0.2) is 0 Å². The van der Waals surface area contributed by atoms with Crippen LogP contribution in [0.3, 0.4) is 0 Å². The second kappa shape index (κ2) is 6.37. The Kier molecular flexibility index (Phi) is 6.28. The molecule has 4 heteroatoms. The number of hydrogen-bond acceptors (Lipinski definition) is 4. The molecule has 1 aliphatic heterocycles. The maximum Gasteiger partial charge on any atom is 0.160 e. The maximum atomic E-state index is 8.72. The van der Waals surface area contributed by atoms with Gasteiger partial charge in [-0.05, 0) is 6.42 Å². The Morgan fingerprint density at radius 2 is 2.08 bits per heavy atom. The second-order valence-corrected chi connectivity index (χ2v) is 2.76. The van der Waals surface area contributed by atoms with E-state index in [1.807, 2.05) is 0 Å². The van der Waals surface area contributed by atoms with Crippen LogP contribution in [0, 0.1) is 5.92 Å². The van der Waals surface area contributed by atoms with Gasteiger partial charge in [0.25, 0.3) is 0 Å². The molecule has 1 aliphatic rings. The largest absolute Gasteiger partial charge is 0.400 e. The third kappa shape index (κ3) is 3.06. The molecule has 1 saturated heterocycles. The van der Waals surface area contributed by atoms with Crippen molar-refractivity contribution in [2.24, 2.45) is 5.92 Å². The van der Waals surface area contributed by atoms with Gasteiger partial charge in [-0.3, -0.25) is 0 Å². The predicted octanol–water partition coefficient (Wildman–Crippen LogP) is -0.0153. The van der Waals surface area contributed by atoms with Gasteiger partial charge in [0.05, 0.1) is 12.7 Å². The van der Waals surface area contributed by atoms with Crippen LogP contribution in [0.25, 0.3) is 0 Å². The van der Waals surface area contributed by atoms with Gasteiger partial charge in [0, 0.05) is 20.1 Å². The van der Waals surface area contributed by atoms with Crippen molar-refractivity contribution in [3.8, 4) is 0 Å². The van der Waals surface area contributed by atoms with E-state index in [1.165, 1.54) is 0 Å². The number of hydrogen-bond donors (Lipinski definition) is 2. The fraction of sp³-hybridized carbons (Fsp3) is 1.00. The van der Waals surface area contributed by atoms with E-state index in [4.69, 9.17) is 19.7 Å². The number of ether oxygens (including phenoxy) is 2. The van der Waals surface area contributed by atoms with Crippen LogP contribution >= 0.6 is 0 Å². The van der Waals surface area contributed by atoms with E-state index in [0.29, 0.717) is 5.92 Å². The highest BCUT2D eigenvalue weighted by molar-refractivity contribution is 4.73. The van der Waals surface area contributed by atoms with Crippen molar-refractivity contribution in [2.75, 3.05) is 20.8 Å². The average Bonchev–Trinajstić information content (AvgIpc) is 2.49. The van der Waals surface area contributed by atoms with Crippen molar-refractivity contribution >= 4 is 0 Å². The summed E-state index contributed by atoms with van der Waals surface area (Å²) in [5.74, 6) is 0.405. The number of methoxy groups -OCH3 is 1. The summed E-state index contributed by atoms with van der Waals surface area (Å²) in [4.78, 5) is 0. The Morgan fingerprint density at radius 3 is 2.33 bits per heavy atom. The summed E-state index contributed by atoms with van der Waals surface area (Å²) < 4.78 is 10.3. The van der Waals surface area contributed by atoms with Crippen molar-refractivity contribution in [1.82, 2.24) is 0 Å². The molecular weight excluding hydrogens is 160 g/mol. The zero-order valence-electron chi connectivity index (χ0n) is 7.86. The molecule has 4 nitrogen and oxygen atoms in total. The number of rotatable bonds is 2. The first-order chi connectivity index (χ1) is 5.77. The summed E-state index contributed by atoms with van der Waals surface area (Å²) in [5.41, 5.74) is 0. The monoisotopic (exact) mass is 178 g/mol. The SMILES string of the molecule is CO.COC1OC(CO)C[C@@H]1C. The minimum atomic E-state index is -0.114. The van der Waals surface area contributed by atoms with Crippen molar-refractivity contribution in [1.29, 1.82) is 0 Å². The zero-order chi connectivity index (χ0) is 9.56. The van der Waals surface area contributed by atoms with Gasteiger partial charge >= 0.3 is 0 Å². The third-order valence-corrected chi connectivity index (χ3v) is 1.86. The smallest absolute Gasteiger partial charge is 0.160 e. The van der Waals surface area contributed by atoms with Crippen LogP contribution in [0.15, 0.2) is 0 Å². The average molecular weight is 178 g/mol. The quantitative estimate of drug-likeness (QED) is 0.624. The van der Waals surface area contributed by atoms with Crippen molar-refractivity contribution in [3.63, 3.8) is 0 Å². The molecule has 0 aromatic rings. The summed E-state index contributed by atoms with van der Waals surface area (Å²) in [6, 6.07) is 0. The topological polar surface area (TPSA) is 58.9 Å². The second-order valence-electron chi connectivity index (χ2n) is 2.76. The lowest BCUT2D eigenvalue weighted by molar-refractivity contribution is -0.135. The van der Waals surface area contributed by atoms with E-state index < -0.39 is 0 Å². The molecule has 0 spiro atoms. The molecule has 1 fully saturated rings. The Morgan fingerprint density at radius 1 is 1.50 bits per heavy atom. The zero-order valence-corrected chi connectivity index (χ0v) is 7.86. The van der Waals surface area contributed by atoms with E-state index in [0.717, 1.165) is 13.5 Å².